The Hall–Kier alpha value is -3.00. The van der Waals surface area contributed by atoms with Gasteiger partial charge in [-0.05, 0) is 69.3 Å². The second-order valence-electron chi connectivity index (χ2n) is 9.60. The molecule has 3 atom stereocenters. The molecule has 3 N–H and O–H groups in total. The predicted octanol–water partition coefficient (Wildman–Crippen LogP) is 4.87. The zero-order valence-corrected chi connectivity index (χ0v) is 22.4. The summed E-state index contributed by atoms with van der Waals surface area (Å²) in [4.78, 5) is 8.59. The van der Waals surface area contributed by atoms with Crippen molar-refractivity contribution in [3.05, 3.63) is 77.0 Å². The van der Waals surface area contributed by atoms with Gasteiger partial charge in [0.1, 0.15) is 22.9 Å². The van der Waals surface area contributed by atoms with E-state index in [0.717, 1.165) is 30.6 Å². The maximum atomic E-state index is 15.0. The molecular weight excluding hydrogens is 562 g/mol. The molecular formula is C25H26ClF4N5O3S. The number of nitrogens with one attached hydrogen (secondary N) is 2. The number of hydrogen-bond donors (Lipinski definition) is 3. The van der Waals surface area contributed by atoms with E-state index in [4.69, 9.17) is 11.6 Å². The van der Waals surface area contributed by atoms with Crippen molar-refractivity contribution in [2.24, 2.45) is 0 Å². The molecule has 0 spiro atoms. The summed E-state index contributed by atoms with van der Waals surface area (Å²) in [5.41, 5.74) is -2.07. The molecule has 8 nitrogen and oxygen atoms in total. The van der Waals surface area contributed by atoms with Crippen molar-refractivity contribution in [1.29, 1.82) is 0 Å². The van der Waals surface area contributed by atoms with Crippen LogP contribution in [-0.4, -0.2) is 54.6 Å². The normalized spacial score (nSPS) is 22.1. The van der Waals surface area contributed by atoms with Crippen LogP contribution in [0.1, 0.15) is 30.4 Å². The SMILES string of the molecule is CN(C)[C@H]1C[C@](O)(c2cccc(C(F)(F)F)c2)CC[C@@H]1Nc1cc(F)c(S(=O)(=O)Nc2ccncn2)cc1Cl. The van der Waals surface area contributed by atoms with E-state index in [2.05, 4.69) is 20.0 Å². The van der Waals surface area contributed by atoms with Gasteiger partial charge in [0.15, 0.2) is 0 Å². The average Bonchev–Trinajstić information content (AvgIpc) is 2.87. The van der Waals surface area contributed by atoms with Gasteiger partial charge in [-0.15, -0.1) is 0 Å². The zero-order valence-electron chi connectivity index (χ0n) is 20.9. The maximum absolute atomic E-state index is 15.0. The van der Waals surface area contributed by atoms with Gasteiger partial charge >= 0.3 is 6.18 Å². The van der Waals surface area contributed by atoms with Crippen LogP contribution in [0.3, 0.4) is 0 Å². The van der Waals surface area contributed by atoms with Crippen LogP contribution >= 0.6 is 11.6 Å². The molecule has 0 radical (unpaired) electrons. The van der Waals surface area contributed by atoms with Crippen molar-refractivity contribution in [1.82, 2.24) is 14.9 Å². The Morgan fingerprint density at radius 3 is 2.56 bits per heavy atom. The van der Waals surface area contributed by atoms with Crippen molar-refractivity contribution in [3.63, 3.8) is 0 Å². The Bertz CT molecular complexity index is 1440. The number of anilines is 2. The molecule has 1 heterocycles. The van der Waals surface area contributed by atoms with Crippen molar-refractivity contribution in [2.45, 2.75) is 48.0 Å². The fourth-order valence-electron chi connectivity index (χ4n) is 4.72. The largest absolute Gasteiger partial charge is 0.416 e. The van der Waals surface area contributed by atoms with Gasteiger partial charge in [-0.1, -0.05) is 23.7 Å². The quantitative estimate of drug-likeness (QED) is 0.339. The number of alkyl halides is 3. The molecule has 4 rings (SSSR count). The molecule has 39 heavy (non-hydrogen) atoms. The van der Waals surface area contributed by atoms with Crippen LogP contribution in [0, 0.1) is 5.82 Å². The van der Waals surface area contributed by atoms with Crippen LogP contribution in [0.15, 0.2) is 59.9 Å². The first-order valence-electron chi connectivity index (χ1n) is 11.8. The predicted molar refractivity (Wildman–Crippen MR) is 138 cm³/mol. The summed E-state index contributed by atoms with van der Waals surface area (Å²) in [7, 11) is -0.834. The number of likely N-dealkylation sites (N-methyl/N-ethyl adjacent to an activating group) is 1. The van der Waals surface area contributed by atoms with E-state index < -0.39 is 38.1 Å². The summed E-state index contributed by atoms with van der Waals surface area (Å²) >= 11 is 6.35. The summed E-state index contributed by atoms with van der Waals surface area (Å²) in [6, 6.07) is 7.13. The van der Waals surface area contributed by atoms with Gasteiger partial charge in [0.25, 0.3) is 10.0 Å². The third kappa shape index (κ3) is 6.43. The van der Waals surface area contributed by atoms with Crippen LogP contribution in [0.5, 0.6) is 0 Å². The van der Waals surface area contributed by atoms with Crippen LogP contribution in [0.2, 0.25) is 5.02 Å². The highest BCUT2D eigenvalue weighted by molar-refractivity contribution is 7.92. The lowest BCUT2D eigenvalue weighted by molar-refractivity contribution is -0.137. The summed E-state index contributed by atoms with van der Waals surface area (Å²) < 4.78 is 82.4. The zero-order chi connectivity index (χ0) is 28.6. The van der Waals surface area contributed by atoms with Gasteiger partial charge in [0.2, 0.25) is 0 Å². The van der Waals surface area contributed by atoms with Crippen molar-refractivity contribution < 1.29 is 31.1 Å². The monoisotopic (exact) mass is 587 g/mol. The number of rotatable bonds is 7. The first-order chi connectivity index (χ1) is 18.2. The number of halogens is 5. The number of aliphatic hydroxyl groups is 1. The minimum Gasteiger partial charge on any atom is -0.385 e. The molecule has 1 aliphatic carbocycles. The standard InChI is InChI=1S/C25H26ClF4N5O3S/c1-35(2)21-13-24(36,15-4-3-5-16(10-15)25(28,29)30)8-6-19(21)33-20-12-18(27)22(11-17(20)26)39(37,38)34-23-7-9-31-14-32-23/h3-5,7,9-12,14,19,21,33,36H,6,8,13H2,1-2H3,(H,31,32,34)/t19-,21-,24-/m0/s1. The molecule has 1 saturated carbocycles. The van der Waals surface area contributed by atoms with Crippen molar-refractivity contribution in [2.75, 3.05) is 24.1 Å². The minimum absolute atomic E-state index is 0.0491. The van der Waals surface area contributed by atoms with Gasteiger partial charge in [-0.3, -0.25) is 4.72 Å². The number of sulfonamides is 1. The molecule has 0 unspecified atom stereocenters. The van der Waals surface area contributed by atoms with Gasteiger partial charge in [-0.2, -0.15) is 13.2 Å². The second-order valence-corrected chi connectivity index (χ2v) is 11.7. The number of aromatic nitrogens is 2. The number of hydrogen-bond acceptors (Lipinski definition) is 7. The van der Waals surface area contributed by atoms with E-state index in [9.17, 15) is 26.7 Å². The van der Waals surface area contributed by atoms with Crippen LogP contribution in [0.4, 0.5) is 29.1 Å². The van der Waals surface area contributed by atoms with Crippen LogP contribution in [0.25, 0.3) is 0 Å². The van der Waals surface area contributed by atoms with Crippen molar-refractivity contribution in [3.8, 4) is 0 Å². The van der Waals surface area contributed by atoms with E-state index in [1.165, 1.54) is 24.4 Å². The molecule has 2 aromatic carbocycles. The van der Waals surface area contributed by atoms with E-state index in [-0.39, 0.29) is 47.0 Å². The number of nitrogens with zero attached hydrogens (tertiary/aromatic N) is 3. The molecule has 0 amide bonds. The Balaban J connectivity index is 1.56. The molecule has 0 bridgehead atoms. The average molecular weight is 588 g/mol. The fourth-order valence-corrected chi connectivity index (χ4v) is 6.10. The fraction of sp³-hybridized carbons (Fsp3) is 0.360. The highest BCUT2D eigenvalue weighted by atomic mass is 35.5. The summed E-state index contributed by atoms with van der Waals surface area (Å²) in [6.45, 7) is 0. The first kappa shape index (κ1) is 29.0. The number of benzene rings is 2. The Morgan fingerprint density at radius 1 is 1.18 bits per heavy atom. The van der Waals surface area contributed by atoms with E-state index in [0.29, 0.717) is 6.42 Å². The smallest absolute Gasteiger partial charge is 0.385 e. The van der Waals surface area contributed by atoms with Crippen LogP contribution < -0.4 is 10.0 Å². The summed E-state index contributed by atoms with van der Waals surface area (Å²) in [5, 5.41) is 14.5. The Morgan fingerprint density at radius 2 is 1.92 bits per heavy atom. The lowest BCUT2D eigenvalue weighted by Crippen LogP contribution is -2.52. The maximum Gasteiger partial charge on any atom is 0.416 e. The second kappa shape index (κ2) is 10.9. The Kier molecular flexibility index (Phi) is 8.08. The highest BCUT2D eigenvalue weighted by Gasteiger charge is 2.43. The van der Waals surface area contributed by atoms with Gasteiger partial charge in [0, 0.05) is 18.3 Å². The van der Waals surface area contributed by atoms with Crippen LogP contribution in [-0.2, 0) is 21.8 Å². The molecule has 210 valence electrons. The van der Waals surface area contributed by atoms with Crippen molar-refractivity contribution >= 4 is 33.1 Å². The molecule has 0 saturated heterocycles. The summed E-state index contributed by atoms with van der Waals surface area (Å²) in [5.74, 6) is -1.10. The molecule has 3 aromatic rings. The molecule has 0 aliphatic heterocycles. The lowest BCUT2D eigenvalue weighted by atomic mass is 9.74. The van der Waals surface area contributed by atoms with E-state index >= 15 is 4.39 Å². The Labute approximate surface area is 228 Å². The summed E-state index contributed by atoms with van der Waals surface area (Å²) in [6.07, 6.45) is -1.56. The molecule has 1 aromatic heterocycles. The third-order valence-electron chi connectivity index (χ3n) is 6.74. The van der Waals surface area contributed by atoms with E-state index in [1.807, 2.05) is 4.90 Å². The van der Waals surface area contributed by atoms with Gasteiger partial charge in [-0.25, -0.2) is 22.8 Å². The molecule has 14 heteroatoms. The lowest BCUT2D eigenvalue weighted by Gasteiger charge is -2.45. The third-order valence-corrected chi connectivity index (χ3v) is 8.43. The van der Waals surface area contributed by atoms with Gasteiger partial charge in [0.05, 0.1) is 21.9 Å². The van der Waals surface area contributed by atoms with E-state index in [1.54, 1.807) is 14.1 Å². The minimum atomic E-state index is -4.54. The topological polar surface area (TPSA) is 107 Å². The van der Waals surface area contributed by atoms with Gasteiger partial charge < -0.3 is 15.3 Å². The molecule has 1 aliphatic rings. The highest BCUT2D eigenvalue weighted by Crippen LogP contribution is 2.42. The molecule has 1 fully saturated rings. The first-order valence-corrected chi connectivity index (χ1v) is 13.7.